The number of hydrogen-bond acceptors (Lipinski definition) is 6. The van der Waals surface area contributed by atoms with Gasteiger partial charge in [0, 0.05) is 56.7 Å². The molecular weight excluding hydrogens is 489 g/mol. The summed E-state index contributed by atoms with van der Waals surface area (Å²) in [5, 5.41) is 11.0. The smallest absolute Gasteiger partial charge is 0.371 e. The summed E-state index contributed by atoms with van der Waals surface area (Å²) in [6.45, 7) is 5.64. The van der Waals surface area contributed by atoms with Crippen molar-refractivity contribution < 1.29 is 27.6 Å². The van der Waals surface area contributed by atoms with Crippen LogP contribution in [0.15, 0.2) is 42.5 Å². The molecule has 0 unspecified atom stereocenters. The molecule has 2 aromatic carbocycles. The fraction of sp³-hybridized carbons (Fsp3) is 0.500. The highest BCUT2D eigenvalue weighted by Gasteiger charge is 2.39. The number of aryl methyl sites for hydroxylation is 1. The molecule has 37 heavy (non-hydrogen) atoms. The van der Waals surface area contributed by atoms with Crippen molar-refractivity contribution in [3.8, 4) is 0 Å². The van der Waals surface area contributed by atoms with Gasteiger partial charge in [0.05, 0.1) is 11.0 Å². The highest BCUT2D eigenvalue weighted by atomic mass is 19.4. The molecule has 0 bridgehead atoms. The van der Waals surface area contributed by atoms with Crippen molar-refractivity contribution in [2.75, 3.05) is 55.7 Å². The van der Waals surface area contributed by atoms with E-state index in [0.717, 1.165) is 30.9 Å². The number of halogens is 3. The lowest BCUT2D eigenvalue weighted by Crippen LogP contribution is -2.50. The van der Waals surface area contributed by atoms with Gasteiger partial charge in [0.15, 0.2) is 0 Å². The van der Waals surface area contributed by atoms with Crippen LogP contribution in [0.2, 0.25) is 0 Å². The predicted octanol–water partition coefficient (Wildman–Crippen LogP) is 4.89. The van der Waals surface area contributed by atoms with Gasteiger partial charge in [0.2, 0.25) is 5.91 Å². The van der Waals surface area contributed by atoms with Crippen LogP contribution in [0.25, 0.3) is 0 Å². The summed E-state index contributed by atoms with van der Waals surface area (Å²) in [5.74, 6) is -0.0637. The van der Waals surface area contributed by atoms with Crippen LogP contribution in [0, 0.1) is 17.0 Å². The maximum atomic E-state index is 13.3. The Kier molecular flexibility index (Phi) is 9.01. The molecule has 0 radical (unpaired) electrons. The molecule has 2 aromatic rings. The zero-order valence-corrected chi connectivity index (χ0v) is 20.0. The molecule has 2 heterocycles. The van der Waals surface area contributed by atoms with Gasteiger partial charge in [-0.25, -0.2) is 0 Å². The molecule has 11 heteroatoms. The van der Waals surface area contributed by atoms with Gasteiger partial charge >= 0.3 is 6.18 Å². The molecule has 2 aliphatic rings. The van der Waals surface area contributed by atoms with Crippen molar-refractivity contribution in [2.24, 2.45) is 0 Å². The topological polar surface area (TPSA) is 79.2 Å². The van der Waals surface area contributed by atoms with Gasteiger partial charge in [-0.3, -0.25) is 14.9 Å². The van der Waals surface area contributed by atoms with Crippen molar-refractivity contribution in [2.45, 2.75) is 39.5 Å². The fourth-order valence-electron chi connectivity index (χ4n) is 4.64. The van der Waals surface area contributed by atoms with E-state index in [1.54, 1.807) is 9.80 Å². The summed E-state index contributed by atoms with van der Waals surface area (Å²) >= 11 is 0. The SMILES string of the molecule is C.Cc1ccc(N2CCN(C(=O)COC3CCN(c4ccc([N+](=O)[O-])c(C(F)(F)F)c4)CC3)CC2)cc1. The quantitative estimate of drug-likeness (QED) is 0.397. The maximum Gasteiger partial charge on any atom is 0.423 e. The van der Waals surface area contributed by atoms with Crippen LogP contribution in [-0.2, 0) is 15.7 Å². The highest BCUT2D eigenvalue weighted by Crippen LogP contribution is 2.38. The molecule has 0 atom stereocenters. The Hall–Kier alpha value is -3.34. The van der Waals surface area contributed by atoms with Gasteiger partial charge in [0.25, 0.3) is 5.69 Å². The Morgan fingerprint density at radius 3 is 2.11 bits per heavy atom. The number of amides is 1. The van der Waals surface area contributed by atoms with E-state index < -0.39 is 22.4 Å². The largest absolute Gasteiger partial charge is 0.423 e. The minimum Gasteiger partial charge on any atom is -0.371 e. The van der Waals surface area contributed by atoms with E-state index in [2.05, 4.69) is 29.2 Å². The molecule has 0 aromatic heterocycles. The Morgan fingerprint density at radius 1 is 0.973 bits per heavy atom. The second-order valence-electron chi connectivity index (χ2n) is 9.16. The maximum absolute atomic E-state index is 13.3. The first-order chi connectivity index (χ1) is 17.1. The fourth-order valence-corrected chi connectivity index (χ4v) is 4.64. The third kappa shape index (κ3) is 6.91. The summed E-state index contributed by atoms with van der Waals surface area (Å²) < 4.78 is 45.7. The van der Waals surface area contributed by atoms with Crippen molar-refractivity contribution in [3.05, 3.63) is 63.7 Å². The number of alkyl halides is 3. The number of nitro benzene ring substituents is 1. The van der Waals surface area contributed by atoms with Crippen molar-refractivity contribution in [3.63, 3.8) is 0 Å². The van der Waals surface area contributed by atoms with E-state index in [-0.39, 0.29) is 31.7 Å². The monoisotopic (exact) mass is 522 g/mol. The third-order valence-electron chi connectivity index (χ3n) is 6.76. The first-order valence-corrected chi connectivity index (χ1v) is 11.9. The number of piperidine rings is 1. The lowest BCUT2D eigenvalue weighted by molar-refractivity contribution is -0.388. The molecule has 2 aliphatic heterocycles. The predicted molar refractivity (Wildman–Crippen MR) is 136 cm³/mol. The summed E-state index contributed by atoms with van der Waals surface area (Å²) in [4.78, 5) is 28.4. The zero-order valence-electron chi connectivity index (χ0n) is 20.0. The number of anilines is 2. The van der Waals surface area contributed by atoms with Gasteiger partial charge in [-0.1, -0.05) is 25.1 Å². The molecule has 0 saturated carbocycles. The molecule has 2 fully saturated rings. The number of nitro groups is 1. The first kappa shape index (κ1) is 28.2. The van der Waals surface area contributed by atoms with Gasteiger partial charge in [-0.2, -0.15) is 13.2 Å². The first-order valence-electron chi connectivity index (χ1n) is 11.9. The molecule has 202 valence electrons. The number of carbonyl (C=O) groups excluding carboxylic acids is 1. The van der Waals surface area contributed by atoms with Crippen LogP contribution in [0.5, 0.6) is 0 Å². The standard InChI is InChI=1S/C25H29F3N4O4.CH4/c1-18-2-4-19(5-3-18)30-12-14-31(15-13-30)24(33)17-36-21-8-10-29(11-9-21)20-6-7-23(32(34)35)22(16-20)25(26,27)28;/h2-7,16,21H,8-15,17H2,1H3;1H4. The third-order valence-corrected chi connectivity index (χ3v) is 6.76. The molecular formula is C26H33F3N4O4. The number of hydrogen-bond donors (Lipinski definition) is 0. The summed E-state index contributed by atoms with van der Waals surface area (Å²) in [6.07, 6.45) is -3.88. The van der Waals surface area contributed by atoms with Crippen LogP contribution in [0.1, 0.15) is 31.4 Å². The van der Waals surface area contributed by atoms with Crippen molar-refractivity contribution in [1.29, 1.82) is 0 Å². The van der Waals surface area contributed by atoms with Crippen LogP contribution in [0.3, 0.4) is 0 Å². The van der Waals surface area contributed by atoms with E-state index >= 15 is 0 Å². The number of piperazine rings is 1. The van der Waals surface area contributed by atoms with Crippen LogP contribution in [-0.4, -0.2) is 67.7 Å². The van der Waals surface area contributed by atoms with E-state index in [9.17, 15) is 28.1 Å². The van der Waals surface area contributed by atoms with E-state index in [1.807, 2.05) is 6.92 Å². The highest BCUT2D eigenvalue weighted by molar-refractivity contribution is 5.77. The number of ether oxygens (including phenoxy) is 1. The number of carbonyl (C=O) groups is 1. The Balaban J connectivity index is 0.00000380. The van der Waals surface area contributed by atoms with E-state index in [0.29, 0.717) is 39.0 Å². The van der Waals surface area contributed by atoms with Gasteiger partial charge in [-0.15, -0.1) is 0 Å². The molecule has 8 nitrogen and oxygen atoms in total. The van der Waals surface area contributed by atoms with Crippen molar-refractivity contribution in [1.82, 2.24) is 4.90 Å². The van der Waals surface area contributed by atoms with E-state index in [1.165, 1.54) is 11.6 Å². The molecule has 0 aliphatic carbocycles. The molecule has 4 rings (SSSR count). The van der Waals surface area contributed by atoms with Crippen LogP contribution in [0.4, 0.5) is 30.2 Å². The number of nitrogens with zero attached hydrogens (tertiary/aromatic N) is 4. The number of benzene rings is 2. The molecule has 1 amide bonds. The van der Waals surface area contributed by atoms with E-state index in [4.69, 9.17) is 4.74 Å². The number of rotatable bonds is 6. The van der Waals surface area contributed by atoms with Crippen molar-refractivity contribution >= 4 is 23.0 Å². The van der Waals surface area contributed by atoms with Gasteiger partial charge in [0.1, 0.15) is 12.2 Å². The second-order valence-corrected chi connectivity index (χ2v) is 9.16. The molecule has 2 saturated heterocycles. The lowest BCUT2D eigenvalue weighted by atomic mass is 10.1. The average Bonchev–Trinajstić information content (AvgIpc) is 2.87. The minimum atomic E-state index is -4.81. The van der Waals surface area contributed by atoms with Crippen LogP contribution >= 0.6 is 0 Å². The lowest BCUT2D eigenvalue weighted by Gasteiger charge is -2.37. The van der Waals surface area contributed by atoms with Gasteiger partial charge < -0.3 is 19.4 Å². The molecule has 0 spiro atoms. The average molecular weight is 523 g/mol. The summed E-state index contributed by atoms with van der Waals surface area (Å²) in [7, 11) is 0. The Bertz CT molecular complexity index is 1080. The normalized spacial score (nSPS) is 16.9. The summed E-state index contributed by atoms with van der Waals surface area (Å²) in [6, 6.07) is 11.4. The molecule has 0 N–H and O–H groups in total. The Morgan fingerprint density at radius 2 is 1.54 bits per heavy atom. The minimum absolute atomic E-state index is 0. The van der Waals surface area contributed by atoms with Crippen LogP contribution < -0.4 is 9.80 Å². The summed E-state index contributed by atoms with van der Waals surface area (Å²) in [5.41, 5.74) is 0.424. The second kappa shape index (κ2) is 11.8. The Labute approximate surface area is 214 Å². The zero-order chi connectivity index (χ0) is 25.9. The van der Waals surface area contributed by atoms with Gasteiger partial charge in [-0.05, 0) is 44.0 Å².